The normalized spacial score (nSPS) is 21.8. The molecule has 1 amide bonds. The van der Waals surface area contributed by atoms with Gasteiger partial charge in [-0.3, -0.25) is 4.79 Å². The van der Waals surface area contributed by atoms with Crippen LogP contribution in [0.1, 0.15) is 61.7 Å². The molecule has 0 N–H and O–H groups in total. The van der Waals surface area contributed by atoms with Gasteiger partial charge in [-0.05, 0) is 43.4 Å². The summed E-state index contributed by atoms with van der Waals surface area (Å²) < 4.78 is 2.09. The summed E-state index contributed by atoms with van der Waals surface area (Å²) in [5, 5.41) is 9.67. The highest BCUT2D eigenvalue weighted by Gasteiger charge is 2.37. The molecule has 2 atom stereocenters. The molecule has 1 aliphatic heterocycles. The number of hydrogen-bond donors (Lipinski definition) is 0. The molecule has 5 nitrogen and oxygen atoms in total. The number of rotatable bonds is 5. The summed E-state index contributed by atoms with van der Waals surface area (Å²) in [5.41, 5.74) is 1.19. The summed E-state index contributed by atoms with van der Waals surface area (Å²) in [5.74, 6) is 2.09. The molecule has 2 aliphatic rings. The van der Waals surface area contributed by atoms with Crippen LogP contribution in [0.3, 0.4) is 0 Å². The summed E-state index contributed by atoms with van der Waals surface area (Å²) in [6, 6.07) is 10.4. The number of carbonyl (C=O) groups excluding carboxylic acids is 1. The summed E-state index contributed by atoms with van der Waals surface area (Å²) in [6.07, 6.45) is 8.97. The van der Waals surface area contributed by atoms with Gasteiger partial charge in [0, 0.05) is 26.1 Å². The Labute approximate surface area is 171 Å². The molecule has 1 aromatic heterocycles. The third kappa shape index (κ3) is 3.84. The van der Waals surface area contributed by atoms with Crippen LogP contribution in [0.2, 0.25) is 0 Å². The fourth-order valence-corrected chi connectivity index (χ4v) is 5.50. The lowest BCUT2D eigenvalue weighted by molar-refractivity contribution is -0.135. The van der Waals surface area contributed by atoms with Gasteiger partial charge < -0.3 is 9.47 Å². The maximum absolute atomic E-state index is 13.7. The maximum Gasteiger partial charge on any atom is 0.230 e. The van der Waals surface area contributed by atoms with E-state index in [0.29, 0.717) is 11.8 Å². The van der Waals surface area contributed by atoms with Crippen molar-refractivity contribution in [2.75, 3.05) is 19.3 Å². The Balaban J connectivity index is 1.55. The van der Waals surface area contributed by atoms with E-state index in [2.05, 4.69) is 43.9 Å². The van der Waals surface area contributed by atoms with Crippen molar-refractivity contribution in [2.24, 2.45) is 13.0 Å². The van der Waals surface area contributed by atoms with E-state index >= 15 is 0 Å². The molecule has 28 heavy (non-hydrogen) atoms. The minimum absolute atomic E-state index is 0.00343. The number of thioether (sulfide) groups is 1. The van der Waals surface area contributed by atoms with Crippen molar-refractivity contribution in [1.82, 2.24) is 19.7 Å². The lowest BCUT2D eigenvalue weighted by Crippen LogP contribution is -2.43. The van der Waals surface area contributed by atoms with Crippen LogP contribution in [-0.4, -0.2) is 44.9 Å². The second kappa shape index (κ2) is 8.68. The average Bonchev–Trinajstić information content (AvgIpc) is 3.39. The SMILES string of the molecule is CSc1nnc(C2CCCN(C(=O)C(c3ccccc3)C3CCCC3)C2)n1C. The monoisotopic (exact) mass is 398 g/mol. The topological polar surface area (TPSA) is 51.0 Å². The zero-order chi connectivity index (χ0) is 19.5. The molecular formula is C22H30N4OS. The highest BCUT2D eigenvalue weighted by Crippen LogP contribution is 2.39. The lowest BCUT2D eigenvalue weighted by atomic mass is 9.83. The Morgan fingerprint density at radius 2 is 1.86 bits per heavy atom. The standard InChI is InChI=1S/C22H30N4OS/c1-25-20(23-24-22(25)28-2)18-13-8-14-26(15-18)21(27)19(17-11-6-7-12-17)16-9-4-3-5-10-16/h3-5,9-10,17-19H,6-8,11-15H2,1-2H3. The van der Waals surface area contributed by atoms with Gasteiger partial charge in [-0.1, -0.05) is 54.9 Å². The van der Waals surface area contributed by atoms with Gasteiger partial charge in [0.1, 0.15) is 5.82 Å². The number of carbonyl (C=O) groups is 1. The molecule has 1 saturated carbocycles. The second-order valence-corrected chi connectivity index (χ2v) is 8.93. The Kier molecular flexibility index (Phi) is 6.04. The Hall–Kier alpha value is -1.82. The van der Waals surface area contributed by atoms with E-state index in [9.17, 15) is 4.79 Å². The van der Waals surface area contributed by atoms with Crippen LogP contribution < -0.4 is 0 Å². The summed E-state index contributed by atoms with van der Waals surface area (Å²) >= 11 is 1.62. The number of nitrogens with zero attached hydrogens (tertiary/aromatic N) is 4. The highest BCUT2D eigenvalue weighted by molar-refractivity contribution is 7.98. The van der Waals surface area contributed by atoms with Crippen molar-refractivity contribution in [1.29, 1.82) is 0 Å². The minimum atomic E-state index is 0.00343. The van der Waals surface area contributed by atoms with Gasteiger partial charge in [-0.15, -0.1) is 10.2 Å². The molecule has 6 heteroatoms. The first-order valence-corrected chi connectivity index (χ1v) is 11.7. The van der Waals surface area contributed by atoms with Crippen LogP contribution in [-0.2, 0) is 11.8 Å². The minimum Gasteiger partial charge on any atom is -0.341 e. The predicted molar refractivity (Wildman–Crippen MR) is 112 cm³/mol. The van der Waals surface area contributed by atoms with E-state index in [0.717, 1.165) is 36.9 Å². The van der Waals surface area contributed by atoms with E-state index < -0.39 is 0 Å². The third-order valence-electron chi connectivity index (χ3n) is 6.45. The molecule has 2 heterocycles. The first kappa shape index (κ1) is 19.5. The first-order valence-electron chi connectivity index (χ1n) is 10.5. The van der Waals surface area contributed by atoms with Crippen molar-refractivity contribution < 1.29 is 4.79 Å². The van der Waals surface area contributed by atoms with Crippen molar-refractivity contribution in [3.63, 3.8) is 0 Å². The van der Waals surface area contributed by atoms with Gasteiger partial charge in [0.05, 0.1) is 5.92 Å². The average molecular weight is 399 g/mol. The number of amides is 1. The van der Waals surface area contributed by atoms with Gasteiger partial charge >= 0.3 is 0 Å². The molecule has 1 aromatic carbocycles. The van der Waals surface area contributed by atoms with E-state index in [1.165, 1.54) is 31.2 Å². The predicted octanol–water partition coefficient (Wildman–Crippen LogP) is 4.22. The van der Waals surface area contributed by atoms with Crippen molar-refractivity contribution in [3.8, 4) is 0 Å². The summed E-state index contributed by atoms with van der Waals surface area (Å²) in [6.45, 7) is 1.62. The van der Waals surface area contributed by atoms with Crippen LogP contribution in [0.5, 0.6) is 0 Å². The fraction of sp³-hybridized carbons (Fsp3) is 0.591. The molecule has 1 saturated heterocycles. The molecule has 0 radical (unpaired) electrons. The molecule has 1 aliphatic carbocycles. The Morgan fingerprint density at radius 3 is 2.54 bits per heavy atom. The quantitative estimate of drug-likeness (QED) is 0.708. The summed E-state index contributed by atoms with van der Waals surface area (Å²) in [4.78, 5) is 15.8. The number of piperidine rings is 1. The fourth-order valence-electron chi connectivity index (χ4n) is 5.01. The van der Waals surface area contributed by atoms with Gasteiger partial charge in [0.2, 0.25) is 5.91 Å². The first-order chi connectivity index (χ1) is 13.7. The molecule has 0 bridgehead atoms. The van der Waals surface area contributed by atoms with E-state index in [-0.39, 0.29) is 11.8 Å². The smallest absolute Gasteiger partial charge is 0.230 e. The van der Waals surface area contributed by atoms with Crippen molar-refractivity contribution in [3.05, 3.63) is 41.7 Å². The molecule has 4 rings (SSSR count). The molecule has 2 unspecified atom stereocenters. The second-order valence-electron chi connectivity index (χ2n) is 8.16. The van der Waals surface area contributed by atoms with Gasteiger partial charge in [0.15, 0.2) is 5.16 Å². The van der Waals surface area contributed by atoms with E-state index in [1.54, 1.807) is 11.8 Å². The van der Waals surface area contributed by atoms with Crippen molar-refractivity contribution in [2.45, 2.75) is 55.5 Å². The highest BCUT2D eigenvalue weighted by atomic mass is 32.2. The largest absolute Gasteiger partial charge is 0.341 e. The molecule has 150 valence electrons. The van der Waals surface area contributed by atoms with E-state index in [4.69, 9.17) is 0 Å². The molecule has 2 aromatic rings. The lowest BCUT2D eigenvalue weighted by Gasteiger charge is -2.36. The zero-order valence-electron chi connectivity index (χ0n) is 16.9. The van der Waals surface area contributed by atoms with Gasteiger partial charge in [-0.25, -0.2) is 0 Å². The molecular weight excluding hydrogens is 368 g/mol. The summed E-state index contributed by atoms with van der Waals surface area (Å²) in [7, 11) is 2.03. The third-order valence-corrected chi connectivity index (χ3v) is 7.17. The van der Waals surface area contributed by atoms with Gasteiger partial charge in [-0.2, -0.15) is 0 Å². The number of aromatic nitrogens is 3. The maximum atomic E-state index is 13.7. The van der Waals surface area contributed by atoms with Crippen molar-refractivity contribution >= 4 is 17.7 Å². The van der Waals surface area contributed by atoms with E-state index in [1.807, 2.05) is 19.4 Å². The van der Waals surface area contributed by atoms with Crippen LogP contribution in [0, 0.1) is 5.92 Å². The number of hydrogen-bond acceptors (Lipinski definition) is 4. The van der Waals surface area contributed by atoms with Crippen LogP contribution in [0.4, 0.5) is 0 Å². The molecule has 0 spiro atoms. The zero-order valence-corrected chi connectivity index (χ0v) is 17.7. The van der Waals surface area contributed by atoms with Gasteiger partial charge in [0.25, 0.3) is 0 Å². The Bertz CT molecular complexity index is 800. The Morgan fingerprint density at radius 1 is 1.11 bits per heavy atom. The number of benzene rings is 1. The van der Waals surface area contributed by atoms with Crippen LogP contribution in [0.25, 0.3) is 0 Å². The van der Waals surface area contributed by atoms with Crippen LogP contribution in [0.15, 0.2) is 35.5 Å². The van der Waals surface area contributed by atoms with Crippen LogP contribution >= 0.6 is 11.8 Å². The molecule has 2 fully saturated rings. The number of likely N-dealkylation sites (tertiary alicyclic amines) is 1.